The van der Waals surface area contributed by atoms with Crippen molar-refractivity contribution in [2.75, 3.05) is 35.3 Å². The van der Waals surface area contributed by atoms with E-state index in [1.54, 1.807) is 6.08 Å². The summed E-state index contributed by atoms with van der Waals surface area (Å²) in [7, 11) is 8.77. The number of methoxy groups -OCH3 is 1. The Bertz CT molecular complexity index is 345. The molecule has 0 aromatic carbocycles. The van der Waals surface area contributed by atoms with Crippen molar-refractivity contribution in [2.24, 2.45) is 0 Å². The summed E-state index contributed by atoms with van der Waals surface area (Å²) in [5.74, 6) is -0.0665. The van der Waals surface area contributed by atoms with Crippen LogP contribution in [0.5, 0.6) is 0 Å². The largest absolute Gasteiger partial charge is 0.465 e. The van der Waals surface area contributed by atoms with Crippen LogP contribution < -0.4 is 0 Å². The van der Waals surface area contributed by atoms with Gasteiger partial charge in [0.1, 0.15) is 11.4 Å². The molecule has 0 radical (unpaired) electrons. The fourth-order valence-electron chi connectivity index (χ4n) is 1.30. The number of hydrogen-bond donors (Lipinski definition) is 0. The quantitative estimate of drug-likeness (QED) is 0.232. The maximum atomic E-state index is 11.3. The Labute approximate surface area is 102 Å². The molecule has 5 nitrogen and oxygen atoms in total. The highest BCUT2D eigenvalue weighted by molar-refractivity contribution is 6.16. The van der Waals surface area contributed by atoms with Crippen molar-refractivity contribution in [1.82, 2.24) is 9.80 Å². The first-order chi connectivity index (χ1) is 7.81. The zero-order valence-electron chi connectivity index (χ0n) is 11.3. The highest BCUT2D eigenvalue weighted by Gasteiger charge is 2.13. The molecule has 0 saturated heterocycles. The second kappa shape index (κ2) is 6.73. The lowest BCUT2D eigenvalue weighted by atomic mass is 10.1. The summed E-state index contributed by atoms with van der Waals surface area (Å²) in [6.45, 7) is 1.33. The maximum absolute atomic E-state index is 11.3. The molecular weight excluding hydrogens is 220 g/mol. The SMILES string of the molecule is COC(=O)/C(=C/C=C(N(C)C)N(C)C)C(C)=O. The molecule has 0 atom stereocenters. The Hall–Kier alpha value is -1.78. The third kappa shape index (κ3) is 4.72. The van der Waals surface area contributed by atoms with E-state index in [4.69, 9.17) is 0 Å². The van der Waals surface area contributed by atoms with Gasteiger partial charge in [-0.1, -0.05) is 0 Å². The van der Waals surface area contributed by atoms with Crippen molar-refractivity contribution in [3.63, 3.8) is 0 Å². The van der Waals surface area contributed by atoms with E-state index in [0.29, 0.717) is 0 Å². The second-order valence-corrected chi connectivity index (χ2v) is 3.94. The fourth-order valence-corrected chi connectivity index (χ4v) is 1.30. The van der Waals surface area contributed by atoms with E-state index >= 15 is 0 Å². The number of Topliss-reactive ketones (excluding diaryl/α,β-unsaturated/α-hetero) is 1. The van der Waals surface area contributed by atoms with Crippen LogP contribution in [0.15, 0.2) is 23.5 Å². The highest BCUT2D eigenvalue weighted by atomic mass is 16.5. The monoisotopic (exact) mass is 240 g/mol. The molecular formula is C12H20N2O3. The number of ketones is 1. The van der Waals surface area contributed by atoms with Gasteiger partial charge in [-0.25, -0.2) is 4.79 Å². The Morgan fingerprint density at radius 2 is 1.47 bits per heavy atom. The second-order valence-electron chi connectivity index (χ2n) is 3.94. The Morgan fingerprint density at radius 3 is 1.76 bits per heavy atom. The van der Waals surface area contributed by atoms with Crippen LogP contribution in [0.2, 0.25) is 0 Å². The molecule has 0 spiro atoms. The van der Waals surface area contributed by atoms with E-state index in [9.17, 15) is 9.59 Å². The molecule has 0 amide bonds. The van der Waals surface area contributed by atoms with Gasteiger partial charge in [-0.05, 0) is 19.1 Å². The van der Waals surface area contributed by atoms with Crippen LogP contribution in [0.3, 0.4) is 0 Å². The van der Waals surface area contributed by atoms with Gasteiger partial charge in [0.25, 0.3) is 0 Å². The minimum absolute atomic E-state index is 0.0358. The van der Waals surface area contributed by atoms with Crippen LogP contribution in [-0.2, 0) is 14.3 Å². The van der Waals surface area contributed by atoms with Gasteiger partial charge in [0.05, 0.1) is 7.11 Å². The van der Waals surface area contributed by atoms with Crippen LogP contribution in [0.4, 0.5) is 0 Å². The maximum Gasteiger partial charge on any atom is 0.341 e. The van der Waals surface area contributed by atoms with Gasteiger partial charge in [-0.2, -0.15) is 0 Å². The molecule has 0 aromatic rings. The summed E-state index contributed by atoms with van der Waals surface area (Å²) in [6.07, 6.45) is 3.18. The van der Waals surface area contributed by atoms with Crippen molar-refractivity contribution in [2.45, 2.75) is 6.92 Å². The summed E-state index contributed by atoms with van der Waals surface area (Å²) in [5.41, 5.74) is 0.0358. The Kier molecular flexibility index (Phi) is 6.02. The molecule has 0 unspecified atom stereocenters. The predicted molar refractivity (Wildman–Crippen MR) is 66.2 cm³/mol. The number of rotatable bonds is 5. The fraction of sp³-hybridized carbons (Fsp3) is 0.500. The van der Waals surface area contributed by atoms with Gasteiger partial charge in [0.15, 0.2) is 5.78 Å². The lowest BCUT2D eigenvalue weighted by Crippen LogP contribution is -2.24. The predicted octanol–water partition coefficient (Wildman–Crippen LogP) is 0.639. The van der Waals surface area contributed by atoms with Crippen molar-refractivity contribution < 1.29 is 14.3 Å². The molecule has 0 rings (SSSR count). The van der Waals surface area contributed by atoms with E-state index in [-0.39, 0.29) is 11.4 Å². The van der Waals surface area contributed by atoms with E-state index in [0.717, 1.165) is 5.82 Å². The summed E-state index contributed by atoms with van der Waals surface area (Å²) in [4.78, 5) is 26.4. The smallest absolute Gasteiger partial charge is 0.341 e. The van der Waals surface area contributed by atoms with Crippen LogP contribution in [-0.4, -0.2) is 56.9 Å². The summed E-state index contributed by atoms with van der Waals surface area (Å²) < 4.78 is 4.54. The number of ether oxygens (including phenoxy) is 1. The average Bonchev–Trinajstić information content (AvgIpc) is 2.21. The zero-order chi connectivity index (χ0) is 13.6. The standard InChI is InChI=1S/C12H20N2O3/c1-9(15)10(12(16)17-6)7-8-11(13(2)3)14(4)5/h7-8H,1-6H3/b10-7+. The third-order valence-corrected chi connectivity index (χ3v) is 2.10. The first kappa shape index (κ1) is 15.2. The van der Waals surface area contributed by atoms with Gasteiger partial charge in [0, 0.05) is 28.2 Å². The molecule has 0 aliphatic rings. The van der Waals surface area contributed by atoms with Crippen LogP contribution in [0, 0.1) is 0 Å². The molecule has 0 fully saturated rings. The minimum Gasteiger partial charge on any atom is -0.465 e. The topological polar surface area (TPSA) is 49.9 Å². The number of carbonyl (C=O) groups excluding carboxylic acids is 2. The summed E-state index contributed by atoms with van der Waals surface area (Å²) in [6, 6.07) is 0. The first-order valence-corrected chi connectivity index (χ1v) is 5.17. The van der Waals surface area contributed by atoms with Crippen molar-refractivity contribution in [3.05, 3.63) is 23.5 Å². The Morgan fingerprint density at radius 1 is 1.00 bits per heavy atom. The van der Waals surface area contributed by atoms with Gasteiger partial charge in [-0.3, -0.25) is 4.79 Å². The highest BCUT2D eigenvalue weighted by Crippen LogP contribution is 2.06. The number of nitrogens with zero attached hydrogens (tertiary/aromatic N) is 2. The number of allylic oxidation sites excluding steroid dienone is 2. The summed E-state index contributed by atoms with van der Waals surface area (Å²) >= 11 is 0. The van der Waals surface area contributed by atoms with E-state index < -0.39 is 5.97 Å². The number of hydrogen-bond acceptors (Lipinski definition) is 5. The number of carbonyl (C=O) groups is 2. The summed E-state index contributed by atoms with van der Waals surface area (Å²) in [5, 5.41) is 0. The molecule has 0 N–H and O–H groups in total. The lowest BCUT2D eigenvalue weighted by Gasteiger charge is -2.24. The van der Waals surface area contributed by atoms with Gasteiger partial charge >= 0.3 is 5.97 Å². The molecule has 0 heterocycles. The Balaban J connectivity index is 5.26. The van der Waals surface area contributed by atoms with Crippen LogP contribution in [0.1, 0.15) is 6.92 Å². The molecule has 0 aliphatic heterocycles. The molecule has 0 bridgehead atoms. The van der Waals surface area contributed by atoms with Crippen LogP contribution in [0.25, 0.3) is 0 Å². The van der Waals surface area contributed by atoms with E-state index in [1.807, 2.05) is 38.0 Å². The first-order valence-electron chi connectivity index (χ1n) is 5.17. The van der Waals surface area contributed by atoms with Crippen molar-refractivity contribution in [1.29, 1.82) is 0 Å². The van der Waals surface area contributed by atoms with Crippen LogP contribution >= 0.6 is 0 Å². The molecule has 0 saturated carbocycles. The zero-order valence-corrected chi connectivity index (χ0v) is 11.3. The van der Waals surface area contributed by atoms with Crippen molar-refractivity contribution >= 4 is 11.8 Å². The molecule has 96 valence electrons. The number of esters is 1. The van der Waals surface area contributed by atoms with Crippen molar-refractivity contribution in [3.8, 4) is 0 Å². The van der Waals surface area contributed by atoms with E-state index in [2.05, 4.69) is 4.74 Å². The van der Waals surface area contributed by atoms with Gasteiger partial charge in [-0.15, -0.1) is 0 Å². The average molecular weight is 240 g/mol. The van der Waals surface area contributed by atoms with Gasteiger partial charge in [0.2, 0.25) is 0 Å². The molecule has 17 heavy (non-hydrogen) atoms. The molecule has 5 heteroatoms. The third-order valence-electron chi connectivity index (χ3n) is 2.10. The molecule has 0 aliphatic carbocycles. The minimum atomic E-state index is -0.620. The lowest BCUT2D eigenvalue weighted by molar-refractivity contribution is -0.137. The van der Waals surface area contributed by atoms with E-state index in [1.165, 1.54) is 20.1 Å². The normalized spacial score (nSPS) is 10.6. The molecule has 0 aromatic heterocycles. The van der Waals surface area contributed by atoms with Gasteiger partial charge < -0.3 is 14.5 Å².